The highest BCUT2D eigenvalue weighted by Gasteiger charge is 2.32. The fourth-order valence-corrected chi connectivity index (χ4v) is 2.49. The van der Waals surface area contributed by atoms with Gasteiger partial charge in [-0.1, -0.05) is 6.07 Å². The van der Waals surface area contributed by atoms with Crippen molar-refractivity contribution in [2.45, 2.75) is 25.8 Å². The maximum absolute atomic E-state index is 12.7. The average Bonchev–Trinajstić information content (AvgIpc) is 2.85. The molecular weight excluding hydrogens is 349 g/mol. The molecule has 3 rings (SSSR count). The molecular formula is C18H17F3N2O3. The quantitative estimate of drug-likeness (QED) is 0.849. The largest absolute Gasteiger partial charge is 0.449 e. The van der Waals surface area contributed by atoms with Crippen LogP contribution < -0.4 is 20.1 Å². The van der Waals surface area contributed by atoms with Gasteiger partial charge in [0.05, 0.1) is 12.1 Å². The Morgan fingerprint density at radius 2 is 1.77 bits per heavy atom. The number of carbonyl (C=O) groups excluding carboxylic acids is 1. The monoisotopic (exact) mass is 366 g/mol. The molecule has 0 saturated carbocycles. The van der Waals surface area contributed by atoms with Gasteiger partial charge in [0.25, 0.3) is 0 Å². The number of hydrogen-bond donors (Lipinski definition) is 2. The third-order valence-corrected chi connectivity index (χ3v) is 3.58. The predicted molar refractivity (Wildman–Crippen MR) is 90.3 cm³/mol. The van der Waals surface area contributed by atoms with E-state index in [1.807, 2.05) is 0 Å². The molecule has 1 aliphatic heterocycles. The van der Waals surface area contributed by atoms with Crippen molar-refractivity contribution in [3.05, 3.63) is 48.0 Å². The van der Waals surface area contributed by atoms with E-state index in [0.29, 0.717) is 17.2 Å². The highest BCUT2D eigenvalue weighted by atomic mass is 19.4. The number of anilines is 2. The molecule has 0 atom stereocenters. The first-order valence-electron chi connectivity index (χ1n) is 7.85. The lowest BCUT2D eigenvalue weighted by molar-refractivity contribution is -0.137. The molecule has 0 aliphatic carbocycles. The maximum atomic E-state index is 12.7. The van der Waals surface area contributed by atoms with Crippen LogP contribution >= 0.6 is 0 Å². The van der Waals surface area contributed by atoms with E-state index < -0.39 is 23.4 Å². The summed E-state index contributed by atoms with van der Waals surface area (Å²) in [7, 11) is 0. The number of benzene rings is 2. The second-order valence-electron chi connectivity index (χ2n) is 6.25. The molecule has 0 unspecified atom stereocenters. The maximum Gasteiger partial charge on any atom is 0.416 e. The van der Waals surface area contributed by atoms with Crippen molar-refractivity contribution in [2.75, 3.05) is 17.2 Å². The number of alkyl halides is 3. The van der Waals surface area contributed by atoms with Crippen LogP contribution in [0.1, 0.15) is 19.4 Å². The van der Waals surface area contributed by atoms with E-state index in [1.165, 1.54) is 12.1 Å². The zero-order valence-electron chi connectivity index (χ0n) is 14.1. The smallest absolute Gasteiger partial charge is 0.416 e. The number of ether oxygens (including phenoxy) is 2. The molecule has 0 fully saturated rings. The van der Waals surface area contributed by atoms with Gasteiger partial charge in [0.15, 0.2) is 11.5 Å². The number of hydrogen-bond acceptors (Lipinski definition) is 4. The molecule has 0 spiro atoms. The van der Waals surface area contributed by atoms with Crippen LogP contribution in [0.3, 0.4) is 0 Å². The average molecular weight is 366 g/mol. The van der Waals surface area contributed by atoms with Crippen LogP contribution in [0.25, 0.3) is 0 Å². The van der Waals surface area contributed by atoms with E-state index in [4.69, 9.17) is 9.47 Å². The zero-order valence-corrected chi connectivity index (χ0v) is 14.1. The van der Waals surface area contributed by atoms with Gasteiger partial charge in [-0.25, -0.2) is 0 Å². The fraction of sp³-hybridized carbons (Fsp3) is 0.278. The van der Waals surface area contributed by atoms with Gasteiger partial charge in [-0.05, 0) is 30.3 Å². The molecule has 1 aliphatic rings. The van der Waals surface area contributed by atoms with Gasteiger partial charge in [-0.3, -0.25) is 4.79 Å². The molecule has 2 aromatic rings. The van der Waals surface area contributed by atoms with Crippen LogP contribution in [0.4, 0.5) is 24.5 Å². The van der Waals surface area contributed by atoms with Crippen molar-refractivity contribution in [2.24, 2.45) is 0 Å². The summed E-state index contributed by atoms with van der Waals surface area (Å²) in [5.74, 6) is -0.0787. The van der Waals surface area contributed by atoms with E-state index in [9.17, 15) is 18.0 Å². The molecule has 1 amide bonds. The molecule has 8 heteroatoms. The van der Waals surface area contributed by atoms with E-state index in [2.05, 4.69) is 10.6 Å². The molecule has 0 saturated heterocycles. The van der Waals surface area contributed by atoms with Crippen LogP contribution in [-0.2, 0) is 11.0 Å². The molecule has 138 valence electrons. The van der Waals surface area contributed by atoms with Gasteiger partial charge >= 0.3 is 6.18 Å². The van der Waals surface area contributed by atoms with Gasteiger partial charge < -0.3 is 20.1 Å². The Balaban J connectivity index is 1.59. The van der Waals surface area contributed by atoms with E-state index >= 15 is 0 Å². The number of nitrogens with one attached hydrogen (secondary N) is 2. The molecule has 2 N–H and O–H groups in total. The predicted octanol–water partition coefficient (Wildman–Crippen LogP) is 4.26. The number of rotatable bonds is 4. The normalized spacial score (nSPS) is 14.8. The number of amides is 1. The molecule has 0 aromatic heterocycles. The van der Waals surface area contributed by atoms with Crippen molar-refractivity contribution in [1.82, 2.24) is 0 Å². The fourth-order valence-electron chi connectivity index (χ4n) is 2.49. The Morgan fingerprint density at radius 3 is 2.50 bits per heavy atom. The van der Waals surface area contributed by atoms with Gasteiger partial charge in [0.2, 0.25) is 11.7 Å². The van der Waals surface area contributed by atoms with E-state index in [1.54, 1.807) is 32.0 Å². The molecule has 0 radical (unpaired) electrons. The number of fused-ring (bicyclic) bond motifs is 1. The Kier molecular flexibility index (Phi) is 4.43. The molecule has 1 heterocycles. The minimum absolute atomic E-state index is 0.179. The molecule has 26 heavy (non-hydrogen) atoms. The Hall–Kier alpha value is -2.90. The van der Waals surface area contributed by atoms with Crippen LogP contribution in [0.2, 0.25) is 0 Å². The first-order valence-corrected chi connectivity index (χ1v) is 7.85. The van der Waals surface area contributed by atoms with E-state index in [0.717, 1.165) is 12.1 Å². The Morgan fingerprint density at radius 1 is 1.04 bits per heavy atom. The Bertz CT molecular complexity index is 835. The summed E-state index contributed by atoms with van der Waals surface area (Å²) in [6.07, 6.45) is -4.43. The first-order chi connectivity index (χ1) is 12.1. The van der Waals surface area contributed by atoms with Crippen molar-refractivity contribution in [1.29, 1.82) is 0 Å². The van der Waals surface area contributed by atoms with Crippen molar-refractivity contribution in [3.63, 3.8) is 0 Å². The molecule has 5 nitrogen and oxygen atoms in total. The third kappa shape index (κ3) is 4.19. The lowest BCUT2D eigenvalue weighted by atomic mass is 10.2. The minimum Gasteiger partial charge on any atom is -0.449 e. The van der Waals surface area contributed by atoms with Crippen molar-refractivity contribution >= 4 is 17.3 Å². The SMILES string of the molecule is CC1(C)Oc2ccc(NC(=O)CNc3cccc(C(F)(F)F)c3)cc2O1. The molecule has 0 bridgehead atoms. The van der Waals surface area contributed by atoms with E-state index in [-0.39, 0.29) is 12.2 Å². The lowest BCUT2D eigenvalue weighted by Crippen LogP contribution is -2.29. The summed E-state index contributed by atoms with van der Waals surface area (Å²) >= 11 is 0. The minimum atomic E-state index is -4.43. The van der Waals surface area contributed by atoms with Crippen LogP contribution in [0.15, 0.2) is 42.5 Å². The summed E-state index contributed by atoms with van der Waals surface area (Å²) in [6, 6.07) is 9.64. The summed E-state index contributed by atoms with van der Waals surface area (Å²) < 4.78 is 49.2. The lowest BCUT2D eigenvalue weighted by Gasteiger charge is -2.16. The summed E-state index contributed by atoms with van der Waals surface area (Å²) in [4.78, 5) is 12.0. The van der Waals surface area contributed by atoms with Crippen molar-refractivity contribution < 1.29 is 27.4 Å². The highest BCUT2D eigenvalue weighted by molar-refractivity contribution is 5.94. The topological polar surface area (TPSA) is 59.6 Å². The van der Waals surface area contributed by atoms with Crippen molar-refractivity contribution in [3.8, 4) is 11.5 Å². The van der Waals surface area contributed by atoms with Gasteiger partial charge in [0.1, 0.15) is 0 Å². The summed E-state index contributed by atoms with van der Waals surface area (Å²) in [5, 5.41) is 5.33. The third-order valence-electron chi connectivity index (χ3n) is 3.58. The second-order valence-corrected chi connectivity index (χ2v) is 6.25. The van der Waals surface area contributed by atoms with Crippen LogP contribution in [0.5, 0.6) is 11.5 Å². The van der Waals surface area contributed by atoms with Gasteiger partial charge in [0, 0.05) is 31.3 Å². The Labute approximate surface area is 148 Å². The van der Waals surface area contributed by atoms with Crippen LogP contribution in [-0.4, -0.2) is 18.2 Å². The van der Waals surface area contributed by atoms with Gasteiger partial charge in [-0.2, -0.15) is 13.2 Å². The number of halogens is 3. The van der Waals surface area contributed by atoms with Gasteiger partial charge in [-0.15, -0.1) is 0 Å². The number of carbonyl (C=O) groups is 1. The summed E-state index contributed by atoms with van der Waals surface area (Å²) in [5.41, 5.74) is -0.0652. The standard InChI is InChI=1S/C18H17F3N2O3/c1-17(2)25-14-7-6-13(9-15(14)26-17)23-16(24)10-22-12-5-3-4-11(8-12)18(19,20)21/h3-9,22H,10H2,1-2H3,(H,23,24). The zero-order chi connectivity index (χ0) is 18.9. The molecule has 2 aromatic carbocycles. The highest BCUT2D eigenvalue weighted by Crippen LogP contribution is 2.40. The van der Waals surface area contributed by atoms with Crippen LogP contribution in [0, 0.1) is 0 Å². The first kappa shape index (κ1) is 17.9. The second kappa shape index (κ2) is 6.44. The summed E-state index contributed by atoms with van der Waals surface area (Å²) in [6.45, 7) is 3.36.